The highest BCUT2D eigenvalue weighted by molar-refractivity contribution is 9.10. The molecule has 0 fully saturated rings. The number of aromatic nitrogens is 1. The highest BCUT2D eigenvalue weighted by Crippen LogP contribution is 2.17. The Bertz CT molecular complexity index is 628. The molecule has 2 rings (SSSR count). The van der Waals surface area contributed by atoms with Crippen molar-refractivity contribution in [3.63, 3.8) is 0 Å². The molecule has 0 bridgehead atoms. The molecule has 2 aromatic rings. The van der Waals surface area contributed by atoms with Gasteiger partial charge in [0.1, 0.15) is 5.69 Å². The minimum Gasteiger partial charge on any atom is -0.409 e. The van der Waals surface area contributed by atoms with Crippen LogP contribution in [-0.4, -0.2) is 16.0 Å². The average molecular weight is 349 g/mol. The molecule has 0 unspecified atom stereocenters. The molecule has 5 nitrogen and oxygen atoms in total. The van der Waals surface area contributed by atoms with E-state index in [0.29, 0.717) is 12.2 Å². The molecule has 0 saturated carbocycles. The number of nitrogens with one attached hydrogen (secondary N) is 1. The Kier molecular flexibility index (Phi) is 5.30. The second kappa shape index (κ2) is 7.19. The maximum atomic E-state index is 8.67. The number of amidine groups is 1. The van der Waals surface area contributed by atoms with E-state index in [1.165, 1.54) is 5.56 Å². The van der Waals surface area contributed by atoms with Gasteiger partial charge in [0.25, 0.3) is 0 Å². The van der Waals surface area contributed by atoms with Gasteiger partial charge in [0.15, 0.2) is 5.84 Å². The molecule has 6 heteroatoms. The standard InChI is InChI=1S/C15H17BrN4O/c1-10(12-2-4-13(16)5-3-12)19-9-11-6-7-18-14(8-11)15(17)20-21/h2-8,10,19,21H,9H2,1H3,(H2,17,20)/t10-/m0/s1. The van der Waals surface area contributed by atoms with Crippen molar-refractivity contribution in [3.05, 3.63) is 63.9 Å². The normalized spacial score (nSPS) is 13.1. The highest BCUT2D eigenvalue weighted by atomic mass is 79.9. The van der Waals surface area contributed by atoms with Gasteiger partial charge in [-0.15, -0.1) is 0 Å². The molecule has 4 N–H and O–H groups in total. The largest absolute Gasteiger partial charge is 0.409 e. The number of rotatable bonds is 5. The number of benzene rings is 1. The number of hydrogen-bond donors (Lipinski definition) is 3. The molecule has 0 aliphatic heterocycles. The maximum absolute atomic E-state index is 8.67. The first-order valence-electron chi connectivity index (χ1n) is 6.52. The second-order valence-electron chi connectivity index (χ2n) is 4.69. The molecule has 1 aromatic heterocycles. The van der Waals surface area contributed by atoms with Crippen molar-refractivity contribution >= 4 is 21.8 Å². The van der Waals surface area contributed by atoms with Crippen molar-refractivity contribution in [2.45, 2.75) is 19.5 Å². The predicted molar refractivity (Wildman–Crippen MR) is 86.1 cm³/mol. The van der Waals surface area contributed by atoms with Crippen LogP contribution in [0.5, 0.6) is 0 Å². The lowest BCUT2D eigenvalue weighted by atomic mass is 10.1. The Morgan fingerprint density at radius 3 is 2.76 bits per heavy atom. The first-order valence-corrected chi connectivity index (χ1v) is 7.31. The van der Waals surface area contributed by atoms with Crippen LogP contribution in [0.25, 0.3) is 0 Å². The summed E-state index contributed by atoms with van der Waals surface area (Å²) in [4.78, 5) is 4.06. The molecule has 21 heavy (non-hydrogen) atoms. The molecule has 0 spiro atoms. The smallest absolute Gasteiger partial charge is 0.188 e. The van der Waals surface area contributed by atoms with Gasteiger partial charge in [-0.25, -0.2) is 0 Å². The van der Waals surface area contributed by atoms with Crippen LogP contribution in [0.1, 0.15) is 29.8 Å². The summed E-state index contributed by atoms with van der Waals surface area (Å²) < 4.78 is 1.07. The van der Waals surface area contributed by atoms with Crippen molar-refractivity contribution in [1.82, 2.24) is 10.3 Å². The van der Waals surface area contributed by atoms with Gasteiger partial charge in [0, 0.05) is 23.3 Å². The fraction of sp³-hybridized carbons (Fsp3) is 0.200. The summed E-state index contributed by atoms with van der Waals surface area (Å²) in [6, 6.07) is 12.1. The van der Waals surface area contributed by atoms with Crippen molar-refractivity contribution in [2.24, 2.45) is 10.9 Å². The first-order chi connectivity index (χ1) is 10.1. The zero-order valence-electron chi connectivity index (χ0n) is 11.6. The van der Waals surface area contributed by atoms with Crippen LogP contribution in [0.4, 0.5) is 0 Å². The van der Waals surface area contributed by atoms with Gasteiger partial charge >= 0.3 is 0 Å². The average Bonchev–Trinajstić information content (AvgIpc) is 2.52. The second-order valence-corrected chi connectivity index (χ2v) is 5.60. The third-order valence-electron chi connectivity index (χ3n) is 3.18. The fourth-order valence-electron chi connectivity index (χ4n) is 1.92. The van der Waals surface area contributed by atoms with E-state index in [4.69, 9.17) is 10.9 Å². The van der Waals surface area contributed by atoms with E-state index in [1.54, 1.807) is 12.3 Å². The Morgan fingerprint density at radius 1 is 1.38 bits per heavy atom. The van der Waals surface area contributed by atoms with Gasteiger partial charge in [-0.05, 0) is 42.3 Å². The number of oxime groups is 1. The molecule has 0 amide bonds. The van der Waals surface area contributed by atoms with E-state index in [0.717, 1.165) is 10.0 Å². The number of nitrogens with zero attached hydrogens (tertiary/aromatic N) is 2. The lowest BCUT2D eigenvalue weighted by Crippen LogP contribution is -2.19. The van der Waals surface area contributed by atoms with E-state index >= 15 is 0 Å². The maximum Gasteiger partial charge on any atom is 0.188 e. The molecule has 1 aromatic carbocycles. The summed E-state index contributed by atoms with van der Waals surface area (Å²) in [7, 11) is 0. The van der Waals surface area contributed by atoms with E-state index < -0.39 is 0 Å². The van der Waals surface area contributed by atoms with E-state index in [9.17, 15) is 0 Å². The molecule has 1 atom stereocenters. The third-order valence-corrected chi connectivity index (χ3v) is 3.71. The van der Waals surface area contributed by atoms with Gasteiger partial charge in [-0.1, -0.05) is 33.2 Å². The SMILES string of the molecule is C[C@H](NCc1ccnc(/C(N)=N/O)c1)c1ccc(Br)cc1. The van der Waals surface area contributed by atoms with Crippen LogP contribution in [0.15, 0.2) is 52.2 Å². The zero-order chi connectivity index (χ0) is 15.2. The van der Waals surface area contributed by atoms with Crippen LogP contribution in [-0.2, 0) is 6.54 Å². The van der Waals surface area contributed by atoms with Gasteiger partial charge in [0.2, 0.25) is 0 Å². The number of halogens is 1. The number of pyridine rings is 1. The predicted octanol–water partition coefficient (Wildman–Crippen LogP) is 2.79. The topological polar surface area (TPSA) is 83.5 Å². The number of hydrogen-bond acceptors (Lipinski definition) is 4. The molecule has 1 heterocycles. The lowest BCUT2D eigenvalue weighted by molar-refractivity contribution is 0.318. The van der Waals surface area contributed by atoms with Gasteiger partial charge in [-0.2, -0.15) is 0 Å². The van der Waals surface area contributed by atoms with Crippen LogP contribution in [0.3, 0.4) is 0 Å². The fourth-order valence-corrected chi connectivity index (χ4v) is 2.18. The summed E-state index contributed by atoms with van der Waals surface area (Å²) in [5, 5.41) is 15.1. The van der Waals surface area contributed by atoms with Crippen LogP contribution in [0.2, 0.25) is 0 Å². The highest BCUT2D eigenvalue weighted by Gasteiger charge is 2.06. The molecular weight excluding hydrogens is 332 g/mol. The first kappa shape index (κ1) is 15.5. The molecular formula is C15H17BrN4O. The van der Waals surface area contributed by atoms with Crippen LogP contribution in [0, 0.1) is 0 Å². The summed E-state index contributed by atoms with van der Waals surface area (Å²) in [6.07, 6.45) is 1.65. The molecule has 0 aliphatic carbocycles. The Balaban J connectivity index is 2.01. The number of nitrogens with two attached hydrogens (primary N) is 1. The minimum absolute atomic E-state index is 0.0119. The molecule has 0 aliphatic rings. The van der Waals surface area contributed by atoms with Crippen LogP contribution < -0.4 is 11.1 Å². The van der Waals surface area contributed by atoms with Crippen molar-refractivity contribution in [1.29, 1.82) is 0 Å². The van der Waals surface area contributed by atoms with Crippen molar-refractivity contribution in [2.75, 3.05) is 0 Å². The Hall–Kier alpha value is -1.92. The Labute approximate surface area is 132 Å². The van der Waals surface area contributed by atoms with E-state index in [1.807, 2.05) is 18.2 Å². The van der Waals surface area contributed by atoms with Crippen molar-refractivity contribution < 1.29 is 5.21 Å². The third kappa shape index (κ3) is 4.27. The lowest BCUT2D eigenvalue weighted by Gasteiger charge is -2.14. The Morgan fingerprint density at radius 2 is 2.10 bits per heavy atom. The van der Waals surface area contributed by atoms with Gasteiger partial charge < -0.3 is 16.3 Å². The summed E-state index contributed by atoms with van der Waals surface area (Å²) in [5.74, 6) is 0.0119. The molecule has 110 valence electrons. The summed E-state index contributed by atoms with van der Waals surface area (Å²) in [5.41, 5.74) is 8.24. The summed E-state index contributed by atoms with van der Waals surface area (Å²) in [6.45, 7) is 2.78. The zero-order valence-corrected chi connectivity index (χ0v) is 13.2. The van der Waals surface area contributed by atoms with Gasteiger partial charge in [-0.3, -0.25) is 4.98 Å². The van der Waals surface area contributed by atoms with Gasteiger partial charge in [0.05, 0.1) is 0 Å². The van der Waals surface area contributed by atoms with E-state index in [-0.39, 0.29) is 11.9 Å². The summed E-state index contributed by atoms with van der Waals surface area (Å²) >= 11 is 3.43. The molecule has 0 saturated heterocycles. The minimum atomic E-state index is 0.0119. The van der Waals surface area contributed by atoms with Crippen molar-refractivity contribution in [3.8, 4) is 0 Å². The quantitative estimate of drug-likeness (QED) is 0.335. The monoisotopic (exact) mass is 348 g/mol. The molecule has 0 radical (unpaired) electrons. The van der Waals surface area contributed by atoms with E-state index in [2.05, 4.69) is 50.4 Å². The van der Waals surface area contributed by atoms with Crippen LogP contribution >= 0.6 is 15.9 Å².